The van der Waals surface area contributed by atoms with Gasteiger partial charge < -0.3 is 19.4 Å². The van der Waals surface area contributed by atoms with Crippen molar-refractivity contribution >= 4 is 40.0 Å². The number of hydrogen-bond acceptors (Lipinski definition) is 8. The lowest BCUT2D eigenvalue weighted by atomic mass is 10.1. The zero-order chi connectivity index (χ0) is 23.3. The zero-order valence-corrected chi connectivity index (χ0v) is 20.4. The molecule has 2 aromatic heterocycles. The summed E-state index contributed by atoms with van der Waals surface area (Å²) < 4.78 is 12.3. The number of nitrogens with zero attached hydrogens (tertiary/aromatic N) is 3. The summed E-state index contributed by atoms with van der Waals surface area (Å²) in [7, 11) is 1.33. The summed E-state index contributed by atoms with van der Waals surface area (Å²) in [6, 6.07) is 7.69. The van der Waals surface area contributed by atoms with Crippen LogP contribution < -0.4 is 10.1 Å². The molecule has 1 amide bonds. The molecule has 8 nitrogen and oxygen atoms in total. The molecule has 170 valence electrons. The number of benzene rings is 1. The van der Waals surface area contributed by atoms with Crippen molar-refractivity contribution < 1.29 is 19.1 Å². The van der Waals surface area contributed by atoms with Crippen LogP contribution in [0.1, 0.15) is 34.6 Å². The van der Waals surface area contributed by atoms with Crippen LogP contribution in [0.15, 0.2) is 29.4 Å². The molecule has 0 aliphatic carbocycles. The van der Waals surface area contributed by atoms with E-state index in [0.29, 0.717) is 28.9 Å². The maximum atomic E-state index is 12.6. The van der Waals surface area contributed by atoms with Crippen molar-refractivity contribution in [3.8, 4) is 17.1 Å². The minimum atomic E-state index is -0.458. The molecule has 1 N–H and O–H groups in total. The molecule has 0 spiro atoms. The maximum Gasteiger partial charge on any atom is 0.341 e. The van der Waals surface area contributed by atoms with E-state index in [1.807, 2.05) is 56.5 Å². The lowest BCUT2D eigenvalue weighted by Crippen LogP contribution is -2.16. The number of rotatable bonds is 9. The molecular formula is C22H26N4O4S2. The van der Waals surface area contributed by atoms with Crippen molar-refractivity contribution in [3.05, 3.63) is 40.3 Å². The Morgan fingerprint density at radius 3 is 2.50 bits per heavy atom. The third kappa shape index (κ3) is 5.13. The normalized spacial score (nSPS) is 10.8. The Labute approximate surface area is 195 Å². The number of carbonyl (C=O) groups is 2. The highest BCUT2D eigenvalue weighted by Crippen LogP contribution is 2.33. The van der Waals surface area contributed by atoms with E-state index >= 15 is 0 Å². The second-order valence-electron chi connectivity index (χ2n) is 6.82. The van der Waals surface area contributed by atoms with Gasteiger partial charge in [-0.1, -0.05) is 11.8 Å². The van der Waals surface area contributed by atoms with E-state index in [1.165, 1.54) is 30.2 Å². The minimum Gasteiger partial charge on any atom is -0.494 e. The molecule has 0 aliphatic rings. The molecule has 3 aromatic rings. The highest BCUT2D eigenvalue weighted by molar-refractivity contribution is 7.99. The van der Waals surface area contributed by atoms with E-state index in [9.17, 15) is 9.59 Å². The van der Waals surface area contributed by atoms with Crippen molar-refractivity contribution in [2.45, 2.75) is 39.4 Å². The summed E-state index contributed by atoms with van der Waals surface area (Å²) in [5.74, 6) is 0.986. The molecule has 0 aliphatic heterocycles. The standard InChI is InChI=1S/C22H26N4O4S2/c1-6-26-19(15-8-10-16(11-9-15)30-7-2)24-25-22(26)31-12-17(27)23-20-18(21(28)29-5)13(3)14(4)32-20/h8-11H,6-7,12H2,1-5H3,(H,23,27). The first-order chi connectivity index (χ1) is 15.4. The van der Waals surface area contributed by atoms with E-state index in [1.54, 1.807) is 0 Å². The SMILES string of the molecule is CCOc1ccc(-c2nnc(SCC(=O)Nc3sc(C)c(C)c3C(=O)OC)n2CC)cc1. The summed E-state index contributed by atoms with van der Waals surface area (Å²) in [6.07, 6.45) is 0. The van der Waals surface area contributed by atoms with Gasteiger partial charge in [-0.25, -0.2) is 4.79 Å². The van der Waals surface area contributed by atoms with Crippen molar-refractivity contribution in [2.24, 2.45) is 0 Å². The molecule has 1 aromatic carbocycles. The van der Waals surface area contributed by atoms with Gasteiger partial charge >= 0.3 is 5.97 Å². The van der Waals surface area contributed by atoms with Crippen LogP contribution >= 0.6 is 23.1 Å². The molecule has 10 heteroatoms. The second kappa shape index (κ2) is 10.6. The van der Waals surface area contributed by atoms with Crippen LogP contribution in [0.25, 0.3) is 11.4 Å². The minimum absolute atomic E-state index is 0.137. The summed E-state index contributed by atoms with van der Waals surface area (Å²) in [5, 5.41) is 12.6. The van der Waals surface area contributed by atoms with Gasteiger partial charge in [0.25, 0.3) is 0 Å². The first-order valence-electron chi connectivity index (χ1n) is 10.2. The number of methoxy groups -OCH3 is 1. The van der Waals surface area contributed by atoms with E-state index in [4.69, 9.17) is 9.47 Å². The Balaban J connectivity index is 1.71. The lowest BCUT2D eigenvalue weighted by molar-refractivity contribution is -0.113. The molecule has 2 heterocycles. The Morgan fingerprint density at radius 2 is 1.88 bits per heavy atom. The van der Waals surface area contributed by atoms with Crippen LogP contribution in [0.5, 0.6) is 5.75 Å². The van der Waals surface area contributed by atoms with Gasteiger partial charge in [0, 0.05) is 17.0 Å². The molecule has 0 saturated heterocycles. The number of esters is 1. The van der Waals surface area contributed by atoms with Crippen LogP contribution in [-0.2, 0) is 16.1 Å². The molecule has 0 fully saturated rings. The third-order valence-corrected chi connectivity index (χ3v) is 6.91. The van der Waals surface area contributed by atoms with Gasteiger partial charge in [-0.15, -0.1) is 21.5 Å². The Kier molecular flexibility index (Phi) is 7.92. The van der Waals surface area contributed by atoms with Gasteiger partial charge in [-0.2, -0.15) is 0 Å². The van der Waals surface area contributed by atoms with Crippen LogP contribution in [-0.4, -0.2) is 46.1 Å². The molecule has 0 atom stereocenters. The lowest BCUT2D eigenvalue weighted by Gasteiger charge is -2.09. The van der Waals surface area contributed by atoms with Crippen LogP contribution in [0, 0.1) is 13.8 Å². The van der Waals surface area contributed by atoms with E-state index in [2.05, 4.69) is 15.5 Å². The molecule has 3 rings (SSSR count). The summed E-state index contributed by atoms with van der Waals surface area (Å²) in [6.45, 7) is 8.97. The molecular weight excluding hydrogens is 448 g/mol. The fourth-order valence-electron chi connectivity index (χ4n) is 3.12. The topological polar surface area (TPSA) is 95.3 Å². The van der Waals surface area contributed by atoms with E-state index < -0.39 is 5.97 Å². The highest BCUT2D eigenvalue weighted by atomic mass is 32.2. The summed E-state index contributed by atoms with van der Waals surface area (Å²) in [5.41, 5.74) is 2.14. The number of thioether (sulfide) groups is 1. The van der Waals surface area contributed by atoms with Crippen molar-refractivity contribution in [1.29, 1.82) is 0 Å². The fraction of sp³-hybridized carbons (Fsp3) is 0.364. The fourth-order valence-corrected chi connectivity index (χ4v) is 4.98. The van der Waals surface area contributed by atoms with Crippen molar-refractivity contribution in [2.75, 3.05) is 24.8 Å². The Morgan fingerprint density at radius 1 is 1.16 bits per heavy atom. The zero-order valence-electron chi connectivity index (χ0n) is 18.7. The number of nitrogens with one attached hydrogen (secondary N) is 1. The van der Waals surface area contributed by atoms with Crippen LogP contribution in [0.2, 0.25) is 0 Å². The molecule has 0 bridgehead atoms. The number of aryl methyl sites for hydroxylation is 1. The van der Waals surface area contributed by atoms with Crippen LogP contribution in [0.3, 0.4) is 0 Å². The van der Waals surface area contributed by atoms with Gasteiger partial charge in [0.1, 0.15) is 10.8 Å². The number of ether oxygens (including phenoxy) is 2. The highest BCUT2D eigenvalue weighted by Gasteiger charge is 2.22. The first kappa shape index (κ1) is 23.8. The number of carbonyl (C=O) groups excluding carboxylic acids is 2. The largest absolute Gasteiger partial charge is 0.494 e. The molecule has 0 saturated carbocycles. The predicted octanol–water partition coefficient (Wildman–Crippen LogP) is 4.56. The molecule has 0 unspecified atom stereocenters. The quantitative estimate of drug-likeness (QED) is 0.359. The number of thiophene rings is 1. The number of amides is 1. The molecule has 32 heavy (non-hydrogen) atoms. The average Bonchev–Trinajstić information content (AvgIpc) is 3.32. The number of aromatic nitrogens is 3. The smallest absolute Gasteiger partial charge is 0.341 e. The molecule has 0 radical (unpaired) electrons. The van der Waals surface area contributed by atoms with E-state index in [-0.39, 0.29) is 11.7 Å². The van der Waals surface area contributed by atoms with Crippen molar-refractivity contribution in [3.63, 3.8) is 0 Å². The van der Waals surface area contributed by atoms with E-state index in [0.717, 1.165) is 27.6 Å². The van der Waals surface area contributed by atoms with Crippen molar-refractivity contribution in [1.82, 2.24) is 14.8 Å². The Hall–Kier alpha value is -2.85. The summed E-state index contributed by atoms with van der Waals surface area (Å²) in [4.78, 5) is 25.7. The average molecular weight is 475 g/mol. The predicted molar refractivity (Wildman–Crippen MR) is 127 cm³/mol. The van der Waals surface area contributed by atoms with Gasteiger partial charge in [0.05, 0.1) is 25.0 Å². The van der Waals surface area contributed by atoms with Gasteiger partial charge in [0.15, 0.2) is 11.0 Å². The third-order valence-electron chi connectivity index (χ3n) is 4.82. The van der Waals surface area contributed by atoms with Crippen LogP contribution in [0.4, 0.5) is 5.00 Å². The monoisotopic (exact) mass is 474 g/mol. The first-order valence-corrected chi connectivity index (χ1v) is 12.0. The van der Waals surface area contributed by atoms with Gasteiger partial charge in [0.2, 0.25) is 5.91 Å². The van der Waals surface area contributed by atoms with Gasteiger partial charge in [-0.05, 0) is 57.5 Å². The van der Waals surface area contributed by atoms with Gasteiger partial charge in [-0.3, -0.25) is 4.79 Å². The second-order valence-corrected chi connectivity index (χ2v) is 8.99. The Bertz CT molecular complexity index is 1110. The summed E-state index contributed by atoms with van der Waals surface area (Å²) >= 11 is 2.66. The maximum absolute atomic E-state index is 12.6. The number of hydrogen-bond donors (Lipinski definition) is 1. The number of anilines is 1.